The molecule has 0 aromatic heterocycles. The van der Waals surface area contributed by atoms with Gasteiger partial charge in [-0.1, -0.05) is 13.8 Å². The Morgan fingerprint density at radius 1 is 1.25 bits per heavy atom. The molecule has 2 nitrogen and oxygen atoms in total. The van der Waals surface area contributed by atoms with E-state index in [1.807, 2.05) is 6.92 Å². The molecular weight excluding hydrogens is 150 g/mol. The first-order valence-electron chi connectivity index (χ1n) is 4.65. The summed E-state index contributed by atoms with van der Waals surface area (Å²) in [6.07, 6.45) is -0.251. The molecule has 0 heterocycles. The van der Waals surface area contributed by atoms with Crippen molar-refractivity contribution in [3.05, 3.63) is 0 Å². The Bertz CT molecular complexity index is 130. The fourth-order valence-corrected chi connectivity index (χ4v) is 0.957. The van der Waals surface area contributed by atoms with Gasteiger partial charge in [0.2, 0.25) is 0 Å². The Kier molecular flexibility index (Phi) is 4.21. The Hall–Kier alpha value is -0.0800. The first kappa shape index (κ1) is 11.9. The summed E-state index contributed by atoms with van der Waals surface area (Å²) in [6, 6.07) is 0.544. The summed E-state index contributed by atoms with van der Waals surface area (Å²) in [6.45, 7) is 11.3. The molecule has 0 saturated carbocycles. The van der Waals surface area contributed by atoms with E-state index in [-0.39, 0.29) is 11.5 Å². The Morgan fingerprint density at radius 3 is 1.92 bits per heavy atom. The van der Waals surface area contributed by atoms with Crippen LogP contribution in [0.5, 0.6) is 0 Å². The number of aliphatic hydroxyl groups is 1. The topological polar surface area (TPSA) is 23.5 Å². The summed E-state index contributed by atoms with van der Waals surface area (Å²) in [5.74, 6) is 0. The number of nitrogens with zero attached hydrogens (tertiary/aromatic N) is 1. The monoisotopic (exact) mass is 173 g/mol. The van der Waals surface area contributed by atoms with E-state index in [1.165, 1.54) is 0 Å². The molecular formula is C10H23NO. The molecule has 0 aromatic carbocycles. The molecule has 0 bridgehead atoms. The summed E-state index contributed by atoms with van der Waals surface area (Å²) >= 11 is 0. The van der Waals surface area contributed by atoms with E-state index in [0.717, 1.165) is 6.54 Å². The lowest BCUT2D eigenvalue weighted by molar-refractivity contribution is 0.0342. The standard InChI is InChI=1S/C10H23NO/c1-8(2)11(6)7-10(4,5)9(3)12/h8-9,12H,7H2,1-6H3. The molecule has 0 aliphatic rings. The van der Waals surface area contributed by atoms with Gasteiger partial charge in [-0.25, -0.2) is 0 Å². The van der Waals surface area contributed by atoms with Crippen molar-refractivity contribution < 1.29 is 5.11 Å². The van der Waals surface area contributed by atoms with Crippen molar-refractivity contribution in [1.82, 2.24) is 4.90 Å². The second-order valence-electron chi connectivity index (χ2n) is 4.67. The van der Waals surface area contributed by atoms with E-state index in [2.05, 4.69) is 39.6 Å². The molecule has 0 aliphatic carbocycles. The lowest BCUT2D eigenvalue weighted by atomic mass is 9.87. The average Bonchev–Trinajstić information content (AvgIpc) is 1.85. The van der Waals surface area contributed by atoms with Gasteiger partial charge in [-0.3, -0.25) is 0 Å². The van der Waals surface area contributed by atoms with Gasteiger partial charge in [-0.2, -0.15) is 0 Å². The predicted octanol–water partition coefficient (Wildman–Crippen LogP) is 1.73. The van der Waals surface area contributed by atoms with Crippen LogP contribution in [-0.4, -0.2) is 35.7 Å². The van der Waals surface area contributed by atoms with E-state index in [1.54, 1.807) is 0 Å². The molecule has 0 amide bonds. The van der Waals surface area contributed by atoms with Gasteiger partial charge < -0.3 is 10.0 Å². The summed E-state index contributed by atoms with van der Waals surface area (Å²) in [5.41, 5.74) is -0.0149. The highest BCUT2D eigenvalue weighted by atomic mass is 16.3. The van der Waals surface area contributed by atoms with Crippen LogP contribution in [0.25, 0.3) is 0 Å². The first-order chi connectivity index (χ1) is 5.27. The maximum atomic E-state index is 9.48. The van der Waals surface area contributed by atoms with E-state index in [0.29, 0.717) is 6.04 Å². The van der Waals surface area contributed by atoms with Crippen molar-refractivity contribution in [3.63, 3.8) is 0 Å². The lowest BCUT2D eigenvalue weighted by Crippen LogP contribution is -2.41. The van der Waals surface area contributed by atoms with Crippen molar-refractivity contribution >= 4 is 0 Å². The average molecular weight is 173 g/mol. The zero-order valence-electron chi connectivity index (χ0n) is 9.26. The molecule has 0 spiro atoms. The molecule has 0 rings (SSSR count). The van der Waals surface area contributed by atoms with E-state index >= 15 is 0 Å². The molecule has 0 aliphatic heterocycles. The summed E-state index contributed by atoms with van der Waals surface area (Å²) in [5, 5.41) is 9.48. The largest absolute Gasteiger partial charge is 0.393 e. The van der Waals surface area contributed by atoms with E-state index < -0.39 is 0 Å². The van der Waals surface area contributed by atoms with Crippen molar-refractivity contribution in [2.75, 3.05) is 13.6 Å². The van der Waals surface area contributed by atoms with Crippen molar-refractivity contribution in [2.24, 2.45) is 5.41 Å². The van der Waals surface area contributed by atoms with Crippen LogP contribution < -0.4 is 0 Å². The van der Waals surface area contributed by atoms with Gasteiger partial charge in [0, 0.05) is 18.0 Å². The third-order valence-electron chi connectivity index (χ3n) is 2.67. The Morgan fingerprint density at radius 2 is 1.67 bits per heavy atom. The second kappa shape index (κ2) is 4.24. The highest BCUT2D eigenvalue weighted by Gasteiger charge is 2.26. The molecule has 74 valence electrons. The molecule has 1 atom stereocenters. The Balaban J connectivity index is 4.05. The lowest BCUT2D eigenvalue weighted by Gasteiger charge is -2.34. The van der Waals surface area contributed by atoms with Gasteiger partial charge in [0.25, 0.3) is 0 Å². The van der Waals surface area contributed by atoms with Crippen LogP contribution in [0, 0.1) is 5.41 Å². The van der Waals surface area contributed by atoms with Crippen LogP contribution in [0.2, 0.25) is 0 Å². The zero-order valence-corrected chi connectivity index (χ0v) is 9.26. The molecule has 0 saturated heterocycles. The maximum Gasteiger partial charge on any atom is 0.0575 e. The highest BCUT2D eigenvalue weighted by Crippen LogP contribution is 2.21. The number of hydrogen-bond acceptors (Lipinski definition) is 2. The fourth-order valence-electron chi connectivity index (χ4n) is 0.957. The van der Waals surface area contributed by atoms with Crippen LogP contribution in [0.15, 0.2) is 0 Å². The SMILES string of the molecule is CC(C)N(C)CC(C)(C)C(C)O. The first-order valence-corrected chi connectivity index (χ1v) is 4.65. The molecule has 12 heavy (non-hydrogen) atoms. The molecule has 0 radical (unpaired) electrons. The molecule has 1 N–H and O–H groups in total. The third-order valence-corrected chi connectivity index (χ3v) is 2.67. The van der Waals surface area contributed by atoms with E-state index in [9.17, 15) is 5.11 Å². The van der Waals surface area contributed by atoms with Crippen LogP contribution in [0.1, 0.15) is 34.6 Å². The smallest absolute Gasteiger partial charge is 0.0575 e. The predicted molar refractivity (Wildman–Crippen MR) is 53.2 cm³/mol. The number of hydrogen-bond donors (Lipinski definition) is 1. The molecule has 0 fully saturated rings. The van der Waals surface area contributed by atoms with Gasteiger partial charge in [0.05, 0.1) is 6.10 Å². The van der Waals surface area contributed by atoms with Gasteiger partial charge in [-0.15, -0.1) is 0 Å². The summed E-state index contributed by atoms with van der Waals surface area (Å²) in [4.78, 5) is 2.26. The zero-order chi connectivity index (χ0) is 9.94. The quantitative estimate of drug-likeness (QED) is 0.700. The van der Waals surface area contributed by atoms with E-state index in [4.69, 9.17) is 0 Å². The van der Waals surface area contributed by atoms with Crippen molar-refractivity contribution in [2.45, 2.75) is 46.8 Å². The summed E-state index contributed by atoms with van der Waals surface area (Å²) in [7, 11) is 2.09. The van der Waals surface area contributed by atoms with Crippen LogP contribution in [-0.2, 0) is 0 Å². The minimum absolute atomic E-state index is 0.0149. The van der Waals surface area contributed by atoms with Gasteiger partial charge >= 0.3 is 0 Å². The van der Waals surface area contributed by atoms with Crippen LogP contribution in [0.4, 0.5) is 0 Å². The molecule has 2 heteroatoms. The van der Waals surface area contributed by atoms with Crippen LogP contribution in [0.3, 0.4) is 0 Å². The minimum Gasteiger partial charge on any atom is -0.393 e. The second-order valence-corrected chi connectivity index (χ2v) is 4.67. The molecule has 0 aromatic rings. The number of aliphatic hydroxyl groups excluding tert-OH is 1. The highest BCUT2D eigenvalue weighted by molar-refractivity contribution is 4.78. The third kappa shape index (κ3) is 3.55. The number of rotatable bonds is 4. The molecule has 1 unspecified atom stereocenters. The Labute approximate surface area is 76.6 Å². The van der Waals surface area contributed by atoms with Crippen molar-refractivity contribution in [1.29, 1.82) is 0 Å². The van der Waals surface area contributed by atoms with Gasteiger partial charge in [0.15, 0.2) is 0 Å². The normalized spacial score (nSPS) is 15.8. The fraction of sp³-hybridized carbons (Fsp3) is 1.00. The van der Waals surface area contributed by atoms with Gasteiger partial charge in [-0.05, 0) is 27.8 Å². The van der Waals surface area contributed by atoms with Crippen LogP contribution >= 0.6 is 0 Å². The minimum atomic E-state index is -0.251. The van der Waals surface area contributed by atoms with Gasteiger partial charge in [0.1, 0.15) is 0 Å². The summed E-state index contributed by atoms with van der Waals surface area (Å²) < 4.78 is 0. The van der Waals surface area contributed by atoms with Crippen molar-refractivity contribution in [3.8, 4) is 0 Å². The maximum absolute atomic E-state index is 9.48.